The first-order valence-electron chi connectivity index (χ1n) is 6.30. The van der Waals surface area contributed by atoms with Crippen molar-refractivity contribution in [2.24, 2.45) is 0 Å². The minimum atomic E-state index is -1.06. The largest absolute Gasteiger partial charge is 0.478 e. The smallest absolute Gasteiger partial charge is 0.336 e. The number of rotatable bonds is 3. The minimum absolute atomic E-state index is 0.0778. The van der Waals surface area contributed by atoms with E-state index in [4.69, 9.17) is 0 Å². The summed E-state index contributed by atoms with van der Waals surface area (Å²) in [4.78, 5) is 23.6. The summed E-state index contributed by atoms with van der Waals surface area (Å²) in [5.74, 6) is -1.36. The fourth-order valence-corrected chi connectivity index (χ4v) is 2.37. The molecule has 1 aliphatic rings. The van der Waals surface area contributed by atoms with Crippen LogP contribution in [0, 0.1) is 13.8 Å². The van der Waals surface area contributed by atoms with E-state index in [2.05, 4.69) is 5.32 Å². The van der Waals surface area contributed by atoms with Gasteiger partial charge in [-0.1, -0.05) is 24.3 Å². The molecule has 0 aromatic heterocycles. The van der Waals surface area contributed by atoms with Crippen LogP contribution in [0.3, 0.4) is 0 Å². The van der Waals surface area contributed by atoms with Gasteiger partial charge in [-0.2, -0.15) is 0 Å². The molecule has 4 heteroatoms. The summed E-state index contributed by atoms with van der Waals surface area (Å²) >= 11 is 0. The van der Waals surface area contributed by atoms with E-state index >= 15 is 0 Å². The Labute approximate surface area is 112 Å². The minimum Gasteiger partial charge on any atom is -0.478 e. The molecule has 1 aliphatic carbocycles. The number of hydrogen-bond acceptors (Lipinski definition) is 2. The van der Waals surface area contributed by atoms with E-state index in [0.717, 1.165) is 12.8 Å². The summed E-state index contributed by atoms with van der Waals surface area (Å²) in [5, 5.41) is 12.2. The van der Waals surface area contributed by atoms with Gasteiger partial charge in [0.15, 0.2) is 0 Å². The maximum atomic E-state index is 12.3. The van der Waals surface area contributed by atoms with Crippen LogP contribution in [0.5, 0.6) is 0 Å². The third-order valence-corrected chi connectivity index (χ3v) is 3.41. The summed E-state index contributed by atoms with van der Waals surface area (Å²) in [6.07, 6.45) is 5.65. The lowest BCUT2D eigenvalue weighted by Gasteiger charge is -2.16. The number of aryl methyl sites for hydroxylation is 2. The average Bonchev–Trinajstić information content (AvgIpc) is 2.83. The predicted molar refractivity (Wildman–Crippen MR) is 72.5 cm³/mol. The highest BCUT2D eigenvalue weighted by molar-refractivity contribution is 6.06. The molecule has 0 heterocycles. The molecule has 19 heavy (non-hydrogen) atoms. The van der Waals surface area contributed by atoms with E-state index < -0.39 is 5.97 Å². The Morgan fingerprint density at radius 1 is 1.11 bits per heavy atom. The van der Waals surface area contributed by atoms with Crippen LogP contribution in [0.15, 0.2) is 24.3 Å². The maximum absolute atomic E-state index is 12.3. The molecule has 0 bridgehead atoms. The summed E-state index contributed by atoms with van der Waals surface area (Å²) in [6.45, 7) is 3.46. The summed E-state index contributed by atoms with van der Waals surface area (Å²) in [5.41, 5.74) is 1.67. The zero-order chi connectivity index (χ0) is 14.0. The molecule has 0 aliphatic heterocycles. The van der Waals surface area contributed by atoms with E-state index in [0.29, 0.717) is 11.1 Å². The first kappa shape index (κ1) is 13.3. The highest BCUT2D eigenvalue weighted by Crippen LogP contribution is 2.20. The molecule has 2 rings (SSSR count). The van der Waals surface area contributed by atoms with Crippen molar-refractivity contribution >= 4 is 11.9 Å². The zero-order valence-corrected chi connectivity index (χ0v) is 11.1. The second-order valence-corrected chi connectivity index (χ2v) is 4.87. The fraction of sp³-hybridized carbons (Fsp3) is 0.333. The van der Waals surface area contributed by atoms with Crippen molar-refractivity contribution in [1.29, 1.82) is 0 Å². The lowest BCUT2D eigenvalue weighted by molar-refractivity contribution is 0.0689. The van der Waals surface area contributed by atoms with E-state index in [1.165, 1.54) is 0 Å². The van der Waals surface area contributed by atoms with E-state index in [9.17, 15) is 14.7 Å². The number of carbonyl (C=O) groups is 2. The second-order valence-electron chi connectivity index (χ2n) is 4.87. The Morgan fingerprint density at radius 3 is 2.16 bits per heavy atom. The number of carboxylic acid groups (broad SMARTS) is 1. The Morgan fingerprint density at radius 2 is 1.63 bits per heavy atom. The number of hydrogen-bond donors (Lipinski definition) is 2. The molecule has 1 aromatic carbocycles. The molecule has 0 spiro atoms. The fourth-order valence-electron chi connectivity index (χ4n) is 2.37. The Bertz CT molecular complexity index is 553. The van der Waals surface area contributed by atoms with Gasteiger partial charge in [-0.05, 0) is 37.8 Å². The number of carboxylic acids is 1. The van der Waals surface area contributed by atoms with Gasteiger partial charge >= 0.3 is 5.97 Å². The van der Waals surface area contributed by atoms with Gasteiger partial charge in [-0.25, -0.2) is 4.79 Å². The maximum Gasteiger partial charge on any atom is 0.336 e. The van der Waals surface area contributed by atoms with Gasteiger partial charge < -0.3 is 10.4 Å². The van der Waals surface area contributed by atoms with Gasteiger partial charge in [0, 0.05) is 6.04 Å². The highest BCUT2D eigenvalue weighted by atomic mass is 16.4. The number of aromatic carboxylic acids is 1. The normalized spacial score (nSPS) is 14.6. The van der Waals surface area contributed by atoms with Crippen molar-refractivity contribution in [2.45, 2.75) is 32.7 Å². The molecule has 0 saturated heterocycles. The molecule has 1 amide bonds. The summed E-state index contributed by atoms with van der Waals surface area (Å²) in [6, 6.07) is 3.59. The molecule has 1 aromatic rings. The van der Waals surface area contributed by atoms with E-state index in [-0.39, 0.29) is 23.1 Å². The Hall–Kier alpha value is -2.10. The molecule has 0 fully saturated rings. The van der Waals surface area contributed by atoms with Gasteiger partial charge in [-0.15, -0.1) is 0 Å². The topological polar surface area (TPSA) is 66.4 Å². The van der Waals surface area contributed by atoms with Crippen molar-refractivity contribution in [3.63, 3.8) is 0 Å². The predicted octanol–water partition coefficient (Wildman–Crippen LogP) is 2.45. The third kappa shape index (κ3) is 2.67. The van der Waals surface area contributed by atoms with Gasteiger partial charge in [0.05, 0.1) is 11.1 Å². The van der Waals surface area contributed by atoms with Crippen LogP contribution < -0.4 is 5.32 Å². The van der Waals surface area contributed by atoms with Gasteiger partial charge in [0.2, 0.25) is 0 Å². The first-order chi connectivity index (χ1) is 9.00. The summed E-state index contributed by atoms with van der Waals surface area (Å²) < 4.78 is 0. The monoisotopic (exact) mass is 259 g/mol. The summed E-state index contributed by atoms with van der Waals surface area (Å²) in [7, 11) is 0. The third-order valence-electron chi connectivity index (χ3n) is 3.41. The lowest BCUT2D eigenvalue weighted by atomic mass is 9.96. The van der Waals surface area contributed by atoms with Crippen LogP contribution in [-0.2, 0) is 0 Å². The zero-order valence-electron chi connectivity index (χ0n) is 11.1. The number of amides is 1. The Balaban J connectivity index is 2.34. The molecule has 100 valence electrons. The molecular formula is C15H17NO3. The van der Waals surface area contributed by atoms with Crippen molar-refractivity contribution in [1.82, 2.24) is 5.32 Å². The first-order valence-corrected chi connectivity index (χ1v) is 6.30. The van der Waals surface area contributed by atoms with Crippen molar-refractivity contribution in [2.75, 3.05) is 0 Å². The lowest BCUT2D eigenvalue weighted by Crippen LogP contribution is -2.34. The molecule has 0 unspecified atom stereocenters. The van der Waals surface area contributed by atoms with Crippen LogP contribution in [0.25, 0.3) is 0 Å². The SMILES string of the molecule is Cc1ccc(C)c(C(=O)NC2CC=CC2)c1C(=O)O. The van der Waals surface area contributed by atoms with Crippen LogP contribution in [-0.4, -0.2) is 23.0 Å². The molecule has 0 radical (unpaired) electrons. The highest BCUT2D eigenvalue weighted by Gasteiger charge is 2.23. The van der Waals surface area contributed by atoms with E-state index in [1.54, 1.807) is 26.0 Å². The van der Waals surface area contributed by atoms with Gasteiger partial charge in [-0.3, -0.25) is 4.79 Å². The number of benzene rings is 1. The second kappa shape index (κ2) is 5.26. The molecule has 4 nitrogen and oxygen atoms in total. The number of carbonyl (C=O) groups excluding carboxylic acids is 1. The van der Waals surface area contributed by atoms with Crippen LogP contribution in [0.2, 0.25) is 0 Å². The van der Waals surface area contributed by atoms with Crippen LogP contribution >= 0.6 is 0 Å². The Kier molecular flexibility index (Phi) is 3.69. The molecular weight excluding hydrogens is 242 g/mol. The number of nitrogens with one attached hydrogen (secondary N) is 1. The molecule has 0 saturated carbocycles. The van der Waals surface area contributed by atoms with Crippen molar-refractivity contribution < 1.29 is 14.7 Å². The van der Waals surface area contributed by atoms with E-state index in [1.807, 2.05) is 12.2 Å². The molecule has 0 atom stereocenters. The van der Waals surface area contributed by atoms with Gasteiger partial charge in [0.25, 0.3) is 5.91 Å². The van der Waals surface area contributed by atoms with Crippen LogP contribution in [0.1, 0.15) is 44.7 Å². The molecule has 2 N–H and O–H groups in total. The average molecular weight is 259 g/mol. The van der Waals surface area contributed by atoms with Crippen molar-refractivity contribution in [3.8, 4) is 0 Å². The van der Waals surface area contributed by atoms with Gasteiger partial charge in [0.1, 0.15) is 0 Å². The standard InChI is InChI=1S/C15H17NO3/c1-9-7-8-10(2)13(15(18)19)12(9)14(17)16-11-5-3-4-6-11/h3-4,7-8,11H,5-6H2,1-2H3,(H,16,17)(H,18,19). The van der Waals surface area contributed by atoms with Crippen LogP contribution in [0.4, 0.5) is 0 Å². The quantitative estimate of drug-likeness (QED) is 0.819. The van der Waals surface area contributed by atoms with Crippen molar-refractivity contribution in [3.05, 3.63) is 46.5 Å².